The van der Waals surface area contributed by atoms with Crippen LogP contribution in [0.1, 0.15) is 46.5 Å². The Kier molecular flexibility index (Phi) is 6.32. The Morgan fingerprint density at radius 3 is 2.69 bits per heavy atom. The van der Waals surface area contributed by atoms with Gasteiger partial charge in [0.15, 0.2) is 0 Å². The van der Waals surface area contributed by atoms with Crippen LogP contribution in [0.2, 0.25) is 0 Å². The molecule has 1 rings (SSSR count). The second kappa shape index (κ2) is 7.25. The molecule has 0 aromatic rings. The van der Waals surface area contributed by atoms with Gasteiger partial charge in [0.05, 0.1) is 6.61 Å². The highest BCUT2D eigenvalue weighted by molar-refractivity contribution is 4.87. The van der Waals surface area contributed by atoms with Crippen molar-refractivity contribution in [3.63, 3.8) is 0 Å². The van der Waals surface area contributed by atoms with E-state index in [0.29, 0.717) is 6.04 Å². The first-order valence-electron chi connectivity index (χ1n) is 6.82. The molecule has 0 bridgehead atoms. The summed E-state index contributed by atoms with van der Waals surface area (Å²) in [4.78, 5) is 2.57. The van der Waals surface area contributed by atoms with Gasteiger partial charge in [0.1, 0.15) is 0 Å². The van der Waals surface area contributed by atoms with Crippen molar-refractivity contribution in [1.82, 2.24) is 10.2 Å². The zero-order chi connectivity index (χ0) is 12.0. The number of rotatable bonds is 7. The highest BCUT2D eigenvalue weighted by Crippen LogP contribution is 2.25. The van der Waals surface area contributed by atoms with Crippen LogP contribution in [0.15, 0.2) is 0 Å². The van der Waals surface area contributed by atoms with E-state index in [-0.39, 0.29) is 12.6 Å². The minimum Gasteiger partial charge on any atom is -0.395 e. The molecule has 0 aliphatic carbocycles. The summed E-state index contributed by atoms with van der Waals surface area (Å²) >= 11 is 0. The molecule has 3 nitrogen and oxygen atoms in total. The third-order valence-corrected chi connectivity index (χ3v) is 3.76. The van der Waals surface area contributed by atoms with Crippen molar-refractivity contribution in [3.05, 3.63) is 0 Å². The van der Waals surface area contributed by atoms with Crippen LogP contribution in [-0.4, -0.2) is 47.8 Å². The summed E-state index contributed by atoms with van der Waals surface area (Å²) in [5.74, 6) is 0. The minimum atomic E-state index is 0.245. The van der Waals surface area contributed by atoms with Gasteiger partial charge >= 0.3 is 0 Å². The molecule has 1 aliphatic rings. The van der Waals surface area contributed by atoms with Crippen LogP contribution in [0.5, 0.6) is 0 Å². The van der Waals surface area contributed by atoms with Gasteiger partial charge in [-0.1, -0.05) is 13.8 Å². The molecule has 0 saturated carbocycles. The molecule has 0 aromatic carbocycles. The van der Waals surface area contributed by atoms with E-state index in [9.17, 15) is 5.11 Å². The molecule has 2 N–H and O–H groups in total. The highest BCUT2D eigenvalue weighted by Gasteiger charge is 2.30. The molecule has 16 heavy (non-hydrogen) atoms. The standard InChI is InChI=1S/C13H28N2O/c1-4-8-14-12(10-16)9-15-11(3)6-7-13(15)5-2/h11-14,16H,4-10H2,1-3H3. The zero-order valence-electron chi connectivity index (χ0n) is 11.1. The van der Waals surface area contributed by atoms with E-state index in [1.807, 2.05) is 0 Å². The fourth-order valence-corrected chi connectivity index (χ4v) is 2.68. The van der Waals surface area contributed by atoms with Crippen molar-refractivity contribution < 1.29 is 5.11 Å². The summed E-state index contributed by atoms with van der Waals surface area (Å²) in [6, 6.07) is 1.66. The Labute approximate surface area is 100 Å². The van der Waals surface area contributed by atoms with E-state index in [2.05, 4.69) is 31.0 Å². The Morgan fingerprint density at radius 1 is 1.38 bits per heavy atom. The topological polar surface area (TPSA) is 35.5 Å². The molecule has 1 fully saturated rings. The summed E-state index contributed by atoms with van der Waals surface area (Å²) in [5.41, 5.74) is 0. The maximum Gasteiger partial charge on any atom is 0.0597 e. The van der Waals surface area contributed by atoms with E-state index in [1.165, 1.54) is 19.3 Å². The summed E-state index contributed by atoms with van der Waals surface area (Å²) in [7, 11) is 0. The fraction of sp³-hybridized carbons (Fsp3) is 1.00. The molecule has 0 amide bonds. The zero-order valence-corrected chi connectivity index (χ0v) is 11.1. The molecule has 1 saturated heterocycles. The Bertz CT molecular complexity index is 187. The molecule has 0 aromatic heterocycles. The number of nitrogens with zero attached hydrogens (tertiary/aromatic N) is 1. The van der Waals surface area contributed by atoms with Crippen LogP contribution < -0.4 is 5.32 Å². The van der Waals surface area contributed by atoms with Crippen LogP contribution in [0, 0.1) is 0 Å². The van der Waals surface area contributed by atoms with Gasteiger partial charge in [-0.25, -0.2) is 0 Å². The molecule has 0 spiro atoms. The molecular weight excluding hydrogens is 200 g/mol. The van der Waals surface area contributed by atoms with Gasteiger partial charge in [0, 0.05) is 24.7 Å². The van der Waals surface area contributed by atoms with Crippen LogP contribution in [-0.2, 0) is 0 Å². The van der Waals surface area contributed by atoms with E-state index in [1.54, 1.807) is 0 Å². The lowest BCUT2D eigenvalue weighted by molar-refractivity contribution is 0.144. The SMILES string of the molecule is CCCNC(CO)CN1C(C)CCC1CC. The number of aliphatic hydroxyl groups is 1. The first-order chi connectivity index (χ1) is 7.72. The predicted octanol–water partition coefficient (Wildman–Crippen LogP) is 1.61. The Morgan fingerprint density at radius 2 is 2.12 bits per heavy atom. The Balaban J connectivity index is 2.42. The van der Waals surface area contributed by atoms with E-state index < -0.39 is 0 Å². The first-order valence-corrected chi connectivity index (χ1v) is 6.82. The maximum atomic E-state index is 9.37. The van der Waals surface area contributed by atoms with Crippen LogP contribution in [0.25, 0.3) is 0 Å². The highest BCUT2D eigenvalue weighted by atomic mass is 16.3. The third-order valence-electron chi connectivity index (χ3n) is 3.76. The summed E-state index contributed by atoms with van der Waals surface area (Å²) in [6.45, 7) is 8.99. The van der Waals surface area contributed by atoms with Crippen molar-refractivity contribution in [2.45, 2.75) is 64.6 Å². The predicted molar refractivity (Wildman–Crippen MR) is 68.6 cm³/mol. The molecule has 1 aliphatic heterocycles. The van der Waals surface area contributed by atoms with Gasteiger partial charge in [-0.15, -0.1) is 0 Å². The summed E-state index contributed by atoms with van der Waals surface area (Å²) in [6.07, 6.45) is 4.99. The van der Waals surface area contributed by atoms with Crippen LogP contribution >= 0.6 is 0 Å². The van der Waals surface area contributed by atoms with Gasteiger partial charge in [0.2, 0.25) is 0 Å². The van der Waals surface area contributed by atoms with Crippen LogP contribution in [0.3, 0.4) is 0 Å². The molecule has 1 heterocycles. The maximum absolute atomic E-state index is 9.37. The number of aliphatic hydroxyl groups excluding tert-OH is 1. The fourth-order valence-electron chi connectivity index (χ4n) is 2.68. The van der Waals surface area contributed by atoms with Crippen molar-refractivity contribution in [2.24, 2.45) is 0 Å². The van der Waals surface area contributed by atoms with Gasteiger partial charge in [-0.2, -0.15) is 0 Å². The first kappa shape index (κ1) is 13.9. The summed E-state index contributed by atoms with van der Waals surface area (Å²) in [5, 5.41) is 12.8. The number of nitrogens with one attached hydrogen (secondary N) is 1. The van der Waals surface area contributed by atoms with E-state index in [0.717, 1.165) is 25.6 Å². The normalized spacial score (nSPS) is 28.5. The van der Waals surface area contributed by atoms with Gasteiger partial charge < -0.3 is 10.4 Å². The molecule has 3 heteroatoms. The lowest BCUT2D eigenvalue weighted by atomic mass is 10.1. The number of hydrogen-bond acceptors (Lipinski definition) is 3. The van der Waals surface area contributed by atoms with Crippen molar-refractivity contribution in [2.75, 3.05) is 19.7 Å². The molecule has 3 unspecified atom stereocenters. The van der Waals surface area contributed by atoms with Gasteiger partial charge in [-0.05, 0) is 39.2 Å². The van der Waals surface area contributed by atoms with Crippen LogP contribution in [0.4, 0.5) is 0 Å². The van der Waals surface area contributed by atoms with Crippen molar-refractivity contribution in [3.8, 4) is 0 Å². The second-order valence-corrected chi connectivity index (χ2v) is 5.02. The van der Waals surface area contributed by atoms with Gasteiger partial charge in [-0.3, -0.25) is 4.90 Å². The monoisotopic (exact) mass is 228 g/mol. The average molecular weight is 228 g/mol. The Hall–Kier alpha value is -0.120. The van der Waals surface area contributed by atoms with Crippen molar-refractivity contribution in [1.29, 1.82) is 0 Å². The molecule has 3 atom stereocenters. The third kappa shape index (κ3) is 3.72. The lowest BCUT2D eigenvalue weighted by Crippen LogP contribution is -2.47. The largest absolute Gasteiger partial charge is 0.395 e. The van der Waals surface area contributed by atoms with Crippen molar-refractivity contribution >= 4 is 0 Å². The number of hydrogen-bond donors (Lipinski definition) is 2. The van der Waals surface area contributed by atoms with E-state index in [4.69, 9.17) is 0 Å². The average Bonchev–Trinajstić information content (AvgIpc) is 2.65. The lowest BCUT2D eigenvalue weighted by Gasteiger charge is -2.31. The molecule has 96 valence electrons. The minimum absolute atomic E-state index is 0.245. The summed E-state index contributed by atoms with van der Waals surface area (Å²) < 4.78 is 0. The smallest absolute Gasteiger partial charge is 0.0597 e. The van der Waals surface area contributed by atoms with E-state index >= 15 is 0 Å². The quantitative estimate of drug-likeness (QED) is 0.695. The molecular formula is C13H28N2O. The molecule has 0 radical (unpaired) electrons. The van der Waals surface area contributed by atoms with Gasteiger partial charge in [0.25, 0.3) is 0 Å². The number of likely N-dealkylation sites (tertiary alicyclic amines) is 1. The second-order valence-electron chi connectivity index (χ2n) is 5.02.